The number of carbonyl (C=O) groups excluding carboxylic acids is 2. The maximum absolute atomic E-state index is 12.7. The van der Waals surface area contributed by atoms with Gasteiger partial charge in [-0.05, 0) is 69.4 Å². The lowest BCUT2D eigenvalue weighted by Gasteiger charge is -2.33. The highest BCUT2D eigenvalue weighted by molar-refractivity contribution is 7.98. The highest BCUT2D eigenvalue weighted by Gasteiger charge is 2.22. The summed E-state index contributed by atoms with van der Waals surface area (Å²) in [4.78, 5) is 27.8. The van der Waals surface area contributed by atoms with Crippen LogP contribution in [0, 0.1) is 0 Å². The van der Waals surface area contributed by atoms with Crippen LogP contribution in [-0.2, 0) is 4.79 Å². The Morgan fingerprint density at radius 2 is 2.10 bits per heavy atom. The summed E-state index contributed by atoms with van der Waals surface area (Å²) in [7, 11) is 0. The largest absolute Gasteiger partial charge is 0.354 e. The molecule has 1 aliphatic heterocycles. The van der Waals surface area contributed by atoms with Crippen LogP contribution < -0.4 is 10.6 Å². The number of rotatable bonds is 10. The van der Waals surface area contributed by atoms with Crippen LogP contribution in [-0.4, -0.2) is 60.4 Å². The molecule has 2 rings (SSSR count). The molecule has 1 fully saturated rings. The third-order valence-corrected chi connectivity index (χ3v) is 6.46. The summed E-state index contributed by atoms with van der Waals surface area (Å²) in [5.41, 5.74) is 0.317. The lowest BCUT2D eigenvalue weighted by atomic mass is 10.0. The quantitative estimate of drug-likeness (QED) is 0.513. The van der Waals surface area contributed by atoms with Crippen molar-refractivity contribution in [3.8, 4) is 0 Å². The second kappa shape index (κ2) is 12.7. The second-order valence-corrected chi connectivity index (χ2v) is 9.29. The Balaban J connectivity index is 1.85. The number of carbonyl (C=O) groups is 2. The molecule has 0 aliphatic carbocycles. The number of hydrogen-bond acceptors (Lipinski definition) is 4. The molecule has 1 heterocycles. The molecule has 2 atom stereocenters. The van der Waals surface area contributed by atoms with E-state index >= 15 is 0 Å². The molecule has 2 N–H and O–H groups in total. The van der Waals surface area contributed by atoms with Crippen LogP contribution in [0.15, 0.2) is 18.2 Å². The van der Waals surface area contributed by atoms with E-state index in [0.29, 0.717) is 29.6 Å². The number of nitrogens with one attached hydrogen (secondary N) is 2. The molecule has 0 bridgehead atoms. The van der Waals surface area contributed by atoms with E-state index in [0.717, 1.165) is 25.3 Å². The summed E-state index contributed by atoms with van der Waals surface area (Å²) < 4.78 is 0. The van der Waals surface area contributed by atoms with E-state index in [1.165, 1.54) is 25.3 Å². The first-order valence-electron chi connectivity index (χ1n) is 10.2. The van der Waals surface area contributed by atoms with Crippen LogP contribution in [0.2, 0.25) is 10.0 Å². The Bertz CT molecular complexity index is 690. The van der Waals surface area contributed by atoms with Gasteiger partial charge in [0.15, 0.2) is 0 Å². The van der Waals surface area contributed by atoms with Crippen molar-refractivity contribution in [2.75, 3.05) is 31.6 Å². The average molecular weight is 460 g/mol. The Morgan fingerprint density at radius 3 is 2.79 bits per heavy atom. The lowest BCUT2D eigenvalue weighted by molar-refractivity contribution is -0.123. The zero-order valence-corrected chi connectivity index (χ0v) is 19.5. The first-order valence-corrected chi connectivity index (χ1v) is 12.3. The van der Waals surface area contributed by atoms with Gasteiger partial charge >= 0.3 is 0 Å². The van der Waals surface area contributed by atoms with E-state index in [2.05, 4.69) is 22.5 Å². The van der Waals surface area contributed by atoms with Gasteiger partial charge in [-0.15, -0.1) is 0 Å². The number of thioether (sulfide) groups is 1. The van der Waals surface area contributed by atoms with Crippen LogP contribution in [0.3, 0.4) is 0 Å². The van der Waals surface area contributed by atoms with E-state index in [1.54, 1.807) is 23.9 Å². The number of amides is 2. The molecular weight excluding hydrogens is 429 g/mol. The Kier molecular flexibility index (Phi) is 10.6. The summed E-state index contributed by atoms with van der Waals surface area (Å²) >= 11 is 13.7. The molecule has 0 aromatic heterocycles. The van der Waals surface area contributed by atoms with E-state index in [-0.39, 0.29) is 16.8 Å². The molecular formula is C21H31Cl2N3O2S. The maximum atomic E-state index is 12.7. The van der Waals surface area contributed by atoms with Crippen molar-refractivity contribution in [3.63, 3.8) is 0 Å². The summed E-state index contributed by atoms with van der Waals surface area (Å²) in [6, 6.07) is 4.74. The third kappa shape index (κ3) is 8.00. The molecule has 1 aromatic rings. The fourth-order valence-electron chi connectivity index (χ4n) is 3.52. The van der Waals surface area contributed by atoms with Gasteiger partial charge in [0.05, 0.1) is 10.6 Å². The van der Waals surface area contributed by atoms with Gasteiger partial charge < -0.3 is 15.5 Å². The molecule has 8 heteroatoms. The number of piperidine rings is 1. The molecule has 1 aromatic carbocycles. The van der Waals surface area contributed by atoms with Crippen LogP contribution in [0.1, 0.15) is 49.4 Å². The molecule has 5 nitrogen and oxygen atoms in total. The van der Waals surface area contributed by atoms with Gasteiger partial charge in [-0.3, -0.25) is 9.59 Å². The monoisotopic (exact) mass is 459 g/mol. The van der Waals surface area contributed by atoms with Crippen molar-refractivity contribution in [3.05, 3.63) is 33.8 Å². The molecule has 0 spiro atoms. The van der Waals surface area contributed by atoms with Crippen LogP contribution in [0.5, 0.6) is 0 Å². The van der Waals surface area contributed by atoms with Crippen LogP contribution >= 0.6 is 35.0 Å². The summed E-state index contributed by atoms with van der Waals surface area (Å²) in [6.45, 7) is 5.01. The molecule has 0 saturated carbocycles. The summed E-state index contributed by atoms with van der Waals surface area (Å²) in [6.07, 6.45) is 7.26. The number of likely N-dealkylation sites (tertiary alicyclic amines) is 1. The van der Waals surface area contributed by atoms with Gasteiger partial charge in [0.1, 0.15) is 6.04 Å². The number of halogens is 2. The number of hydrogen-bond donors (Lipinski definition) is 2. The lowest BCUT2D eigenvalue weighted by Crippen LogP contribution is -2.47. The van der Waals surface area contributed by atoms with E-state index in [4.69, 9.17) is 23.2 Å². The normalized spacial score (nSPS) is 18.3. The Morgan fingerprint density at radius 1 is 1.31 bits per heavy atom. The molecule has 1 saturated heterocycles. The van der Waals surface area contributed by atoms with Gasteiger partial charge in [0.25, 0.3) is 5.91 Å². The van der Waals surface area contributed by atoms with Crippen LogP contribution in [0.25, 0.3) is 0 Å². The minimum atomic E-state index is -0.587. The highest BCUT2D eigenvalue weighted by atomic mass is 35.5. The second-order valence-electron chi connectivity index (χ2n) is 7.46. The van der Waals surface area contributed by atoms with Gasteiger partial charge in [-0.1, -0.05) is 29.6 Å². The molecule has 0 radical (unpaired) electrons. The third-order valence-electron chi connectivity index (χ3n) is 5.27. The van der Waals surface area contributed by atoms with Crippen molar-refractivity contribution in [2.45, 2.75) is 51.1 Å². The van der Waals surface area contributed by atoms with Crippen molar-refractivity contribution >= 4 is 46.8 Å². The smallest absolute Gasteiger partial charge is 0.253 e. The molecule has 162 valence electrons. The molecule has 29 heavy (non-hydrogen) atoms. The van der Waals surface area contributed by atoms with Gasteiger partial charge in [-0.25, -0.2) is 0 Å². The standard InChI is InChI=1S/C21H31Cl2N3O2S/c1-15-6-3-4-11-26(15)12-5-10-24-21(28)19(9-13-29-2)25-20(27)17-8-7-16(22)14-18(17)23/h7-8,14-15,19H,3-6,9-13H2,1-2H3,(H,24,28)(H,25,27). The summed E-state index contributed by atoms with van der Waals surface area (Å²) in [5, 5.41) is 6.54. The van der Waals surface area contributed by atoms with Crippen molar-refractivity contribution in [1.82, 2.24) is 15.5 Å². The number of nitrogens with zero attached hydrogens (tertiary/aromatic N) is 1. The van der Waals surface area contributed by atoms with E-state index in [1.807, 2.05) is 6.26 Å². The first kappa shape index (κ1) is 24.3. The van der Waals surface area contributed by atoms with Crippen molar-refractivity contribution in [2.24, 2.45) is 0 Å². The Labute approximate surface area is 188 Å². The zero-order chi connectivity index (χ0) is 21.2. The summed E-state index contributed by atoms with van der Waals surface area (Å²) in [5.74, 6) is 0.261. The average Bonchev–Trinajstić information content (AvgIpc) is 2.69. The minimum Gasteiger partial charge on any atom is -0.354 e. The van der Waals surface area contributed by atoms with Gasteiger partial charge in [0, 0.05) is 24.2 Å². The van der Waals surface area contributed by atoms with Gasteiger partial charge in [0.2, 0.25) is 5.91 Å². The maximum Gasteiger partial charge on any atom is 0.253 e. The van der Waals surface area contributed by atoms with Crippen LogP contribution in [0.4, 0.5) is 0 Å². The predicted molar refractivity (Wildman–Crippen MR) is 123 cm³/mol. The van der Waals surface area contributed by atoms with Gasteiger partial charge in [-0.2, -0.15) is 11.8 Å². The molecule has 1 aliphatic rings. The van der Waals surface area contributed by atoms with Crippen molar-refractivity contribution in [1.29, 1.82) is 0 Å². The fourth-order valence-corrected chi connectivity index (χ4v) is 4.49. The molecule has 2 amide bonds. The van der Waals surface area contributed by atoms with E-state index < -0.39 is 6.04 Å². The van der Waals surface area contributed by atoms with Crippen molar-refractivity contribution < 1.29 is 9.59 Å². The predicted octanol–water partition coefficient (Wildman–Crippen LogP) is 4.23. The zero-order valence-electron chi connectivity index (χ0n) is 17.2. The fraction of sp³-hybridized carbons (Fsp3) is 0.619. The number of benzene rings is 1. The SMILES string of the molecule is CSCCC(NC(=O)c1ccc(Cl)cc1Cl)C(=O)NCCCN1CCCCC1C. The first-order chi connectivity index (χ1) is 13.9. The van der Waals surface area contributed by atoms with E-state index in [9.17, 15) is 9.59 Å². The minimum absolute atomic E-state index is 0.149. The Hall–Kier alpha value is -0.950. The highest BCUT2D eigenvalue weighted by Crippen LogP contribution is 2.21. The molecule has 2 unspecified atom stereocenters. The topological polar surface area (TPSA) is 61.4 Å².